The molecule has 2 N–H and O–H groups in total. The molecule has 0 heterocycles. The van der Waals surface area contributed by atoms with Gasteiger partial charge in [0.15, 0.2) is 0 Å². The van der Waals surface area contributed by atoms with E-state index in [1.54, 1.807) is 6.07 Å². The molecule has 3 heteroatoms. The Morgan fingerprint density at radius 1 is 0.950 bits per heavy atom. The molecule has 0 bridgehead atoms. The van der Waals surface area contributed by atoms with Gasteiger partial charge in [0.25, 0.3) is 0 Å². The number of hydrogen-bond donors (Lipinski definition) is 1. The maximum Gasteiger partial charge on any atom is 0.127 e. The van der Waals surface area contributed by atoms with Gasteiger partial charge in [-0.3, -0.25) is 0 Å². The Morgan fingerprint density at radius 3 is 2.60 bits per heavy atom. The summed E-state index contributed by atoms with van der Waals surface area (Å²) in [7, 11) is 0. The van der Waals surface area contributed by atoms with Gasteiger partial charge in [-0.2, -0.15) is 0 Å². The third-order valence-corrected chi connectivity index (χ3v) is 3.12. The van der Waals surface area contributed by atoms with Crippen molar-refractivity contribution in [3.63, 3.8) is 0 Å². The summed E-state index contributed by atoms with van der Waals surface area (Å²) in [5.74, 6) is 0.437. The summed E-state index contributed by atoms with van der Waals surface area (Å²) in [6.45, 7) is 0.288. The smallest absolute Gasteiger partial charge is 0.127 e. The van der Waals surface area contributed by atoms with Crippen LogP contribution in [-0.4, -0.2) is 0 Å². The van der Waals surface area contributed by atoms with Crippen molar-refractivity contribution in [3.05, 3.63) is 72.0 Å². The average Bonchev–Trinajstić information content (AvgIpc) is 2.44. The molecule has 3 aromatic rings. The fourth-order valence-electron chi connectivity index (χ4n) is 2.24. The summed E-state index contributed by atoms with van der Waals surface area (Å²) in [4.78, 5) is 0. The van der Waals surface area contributed by atoms with Gasteiger partial charge in [0.2, 0.25) is 0 Å². The van der Waals surface area contributed by atoms with E-state index in [4.69, 9.17) is 10.5 Å². The third kappa shape index (κ3) is 2.57. The van der Waals surface area contributed by atoms with Crippen LogP contribution in [0.3, 0.4) is 0 Å². The van der Waals surface area contributed by atoms with Crippen molar-refractivity contribution in [1.82, 2.24) is 0 Å². The predicted molar refractivity (Wildman–Crippen MR) is 79.1 cm³/mol. The van der Waals surface area contributed by atoms with Gasteiger partial charge in [-0.1, -0.05) is 36.4 Å². The quantitative estimate of drug-likeness (QED) is 0.724. The van der Waals surface area contributed by atoms with Gasteiger partial charge in [-0.25, -0.2) is 4.39 Å². The molecule has 0 saturated carbocycles. The molecule has 100 valence electrons. The Kier molecular flexibility index (Phi) is 3.25. The summed E-state index contributed by atoms with van der Waals surface area (Å²) in [5.41, 5.74) is 6.75. The Labute approximate surface area is 116 Å². The standard InChI is InChI=1S/C17H14FNO/c18-14-8-12(9-15(19)10-14)11-20-17-7-3-5-13-4-1-2-6-16(13)17/h1-10H,11,19H2. The minimum absolute atomic E-state index is 0.288. The lowest BCUT2D eigenvalue weighted by Crippen LogP contribution is -1.98. The Morgan fingerprint density at radius 2 is 1.75 bits per heavy atom. The first kappa shape index (κ1) is 12.5. The van der Waals surface area contributed by atoms with Crippen LogP contribution in [0.25, 0.3) is 10.8 Å². The lowest BCUT2D eigenvalue weighted by molar-refractivity contribution is 0.309. The number of rotatable bonds is 3. The van der Waals surface area contributed by atoms with E-state index in [1.165, 1.54) is 12.1 Å². The minimum atomic E-state index is -0.346. The van der Waals surface area contributed by atoms with Gasteiger partial charge in [0.05, 0.1) is 0 Å². The van der Waals surface area contributed by atoms with Crippen molar-refractivity contribution in [2.24, 2.45) is 0 Å². The molecule has 0 spiro atoms. The van der Waals surface area contributed by atoms with Gasteiger partial charge in [0, 0.05) is 11.1 Å². The van der Waals surface area contributed by atoms with Gasteiger partial charge < -0.3 is 10.5 Å². The van der Waals surface area contributed by atoms with Crippen molar-refractivity contribution in [3.8, 4) is 5.75 Å². The fourth-order valence-corrected chi connectivity index (χ4v) is 2.24. The lowest BCUT2D eigenvalue weighted by Gasteiger charge is -2.10. The molecular weight excluding hydrogens is 253 g/mol. The molecule has 0 aromatic heterocycles. The number of ether oxygens (including phenoxy) is 1. The molecule has 3 aromatic carbocycles. The fraction of sp³-hybridized carbons (Fsp3) is 0.0588. The van der Waals surface area contributed by atoms with Crippen molar-refractivity contribution in [2.75, 3.05) is 5.73 Å². The van der Waals surface area contributed by atoms with E-state index in [0.717, 1.165) is 22.1 Å². The van der Waals surface area contributed by atoms with Crippen LogP contribution < -0.4 is 10.5 Å². The monoisotopic (exact) mass is 267 g/mol. The summed E-state index contributed by atoms with van der Waals surface area (Å²) in [6.07, 6.45) is 0. The average molecular weight is 267 g/mol. The Bertz CT molecular complexity index is 729. The van der Waals surface area contributed by atoms with Crippen LogP contribution in [0.1, 0.15) is 5.56 Å². The highest BCUT2D eigenvalue weighted by molar-refractivity contribution is 5.88. The molecule has 0 unspecified atom stereocenters. The van der Waals surface area contributed by atoms with Gasteiger partial charge in [-0.05, 0) is 35.2 Å². The second kappa shape index (κ2) is 5.21. The number of benzene rings is 3. The first-order valence-electron chi connectivity index (χ1n) is 6.38. The van der Waals surface area contributed by atoms with E-state index in [1.807, 2.05) is 42.5 Å². The predicted octanol–water partition coefficient (Wildman–Crippen LogP) is 4.14. The molecule has 0 atom stereocenters. The maximum absolute atomic E-state index is 13.3. The van der Waals surface area contributed by atoms with E-state index >= 15 is 0 Å². The Balaban J connectivity index is 1.87. The van der Waals surface area contributed by atoms with Crippen LogP contribution in [0.15, 0.2) is 60.7 Å². The second-order valence-corrected chi connectivity index (χ2v) is 4.66. The third-order valence-electron chi connectivity index (χ3n) is 3.12. The highest BCUT2D eigenvalue weighted by atomic mass is 19.1. The number of nitrogens with two attached hydrogens (primary N) is 1. The van der Waals surface area contributed by atoms with Crippen LogP contribution in [-0.2, 0) is 6.61 Å². The van der Waals surface area contributed by atoms with Crippen molar-refractivity contribution in [1.29, 1.82) is 0 Å². The van der Waals surface area contributed by atoms with Crippen LogP contribution in [0.4, 0.5) is 10.1 Å². The molecule has 0 aliphatic carbocycles. The first-order chi connectivity index (χ1) is 9.72. The summed E-state index contributed by atoms with van der Waals surface area (Å²) in [6, 6.07) is 18.3. The zero-order chi connectivity index (χ0) is 13.9. The molecule has 3 rings (SSSR count). The number of fused-ring (bicyclic) bond motifs is 1. The highest BCUT2D eigenvalue weighted by Gasteiger charge is 2.03. The summed E-state index contributed by atoms with van der Waals surface area (Å²) < 4.78 is 19.1. The number of nitrogen functional groups attached to an aromatic ring is 1. The molecule has 0 radical (unpaired) electrons. The number of anilines is 1. The topological polar surface area (TPSA) is 35.2 Å². The zero-order valence-corrected chi connectivity index (χ0v) is 10.8. The van der Waals surface area contributed by atoms with Crippen molar-refractivity contribution in [2.45, 2.75) is 6.61 Å². The molecule has 20 heavy (non-hydrogen) atoms. The molecule has 0 amide bonds. The van der Waals surface area contributed by atoms with E-state index in [-0.39, 0.29) is 12.4 Å². The van der Waals surface area contributed by atoms with Crippen LogP contribution in [0, 0.1) is 5.82 Å². The van der Waals surface area contributed by atoms with E-state index < -0.39 is 0 Å². The largest absolute Gasteiger partial charge is 0.488 e. The maximum atomic E-state index is 13.3. The lowest BCUT2D eigenvalue weighted by atomic mass is 10.1. The van der Waals surface area contributed by atoms with Crippen molar-refractivity contribution < 1.29 is 9.13 Å². The first-order valence-corrected chi connectivity index (χ1v) is 6.38. The van der Waals surface area contributed by atoms with Crippen LogP contribution >= 0.6 is 0 Å². The SMILES string of the molecule is Nc1cc(F)cc(COc2cccc3ccccc23)c1. The number of hydrogen-bond acceptors (Lipinski definition) is 2. The van der Waals surface area contributed by atoms with Crippen LogP contribution in [0.5, 0.6) is 5.75 Å². The summed E-state index contributed by atoms with van der Waals surface area (Å²) >= 11 is 0. The molecule has 0 fully saturated rings. The number of halogens is 1. The molecule has 0 aliphatic rings. The van der Waals surface area contributed by atoms with Crippen molar-refractivity contribution >= 4 is 16.5 Å². The Hall–Kier alpha value is -2.55. The van der Waals surface area contributed by atoms with Crippen LogP contribution in [0.2, 0.25) is 0 Å². The van der Waals surface area contributed by atoms with Gasteiger partial charge in [-0.15, -0.1) is 0 Å². The molecule has 2 nitrogen and oxygen atoms in total. The van der Waals surface area contributed by atoms with E-state index in [2.05, 4.69) is 0 Å². The zero-order valence-electron chi connectivity index (χ0n) is 10.8. The van der Waals surface area contributed by atoms with E-state index in [9.17, 15) is 4.39 Å². The van der Waals surface area contributed by atoms with Gasteiger partial charge in [0.1, 0.15) is 18.2 Å². The molecule has 0 aliphatic heterocycles. The normalized spacial score (nSPS) is 10.7. The highest BCUT2D eigenvalue weighted by Crippen LogP contribution is 2.26. The van der Waals surface area contributed by atoms with Gasteiger partial charge >= 0.3 is 0 Å². The summed E-state index contributed by atoms with van der Waals surface area (Å²) in [5, 5.41) is 2.16. The molecule has 0 saturated heterocycles. The minimum Gasteiger partial charge on any atom is -0.488 e. The second-order valence-electron chi connectivity index (χ2n) is 4.66. The van der Waals surface area contributed by atoms with E-state index in [0.29, 0.717) is 5.69 Å². The molecular formula is C17H14FNO.